The molecule has 0 bridgehead atoms. The highest BCUT2D eigenvalue weighted by Crippen LogP contribution is 2.21. The van der Waals surface area contributed by atoms with Crippen LogP contribution in [0.3, 0.4) is 0 Å². The minimum absolute atomic E-state index is 0.0190. The van der Waals surface area contributed by atoms with E-state index in [1.54, 1.807) is 19.0 Å². The highest BCUT2D eigenvalue weighted by atomic mass is 35.5. The smallest absolute Gasteiger partial charge is 0.418 e. The second-order valence-electron chi connectivity index (χ2n) is 4.70. The average molecular weight is 337 g/mol. The van der Waals surface area contributed by atoms with Gasteiger partial charge < -0.3 is 22.2 Å². The van der Waals surface area contributed by atoms with Crippen molar-refractivity contribution in [1.82, 2.24) is 4.90 Å². The van der Waals surface area contributed by atoms with Gasteiger partial charge in [-0.05, 0) is 12.1 Å². The zero-order valence-electron chi connectivity index (χ0n) is 12.2. The second-order valence-corrected chi connectivity index (χ2v) is 5.11. The van der Waals surface area contributed by atoms with E-state index in [-0.39, 0.29) is 5.91 Å². The molecule has 120 valence electrons. The first kappa shape index (κ1) is 18.2. The Hall–Kier alpha value is -1.83. The minimum Gasteiger partial charge on any atom is -0.418 e. The van der Waals surface area contributed by atoms with Crippen molar-refractivity contribution in [2.24, 2.45) is 7.05 Å². The lowest BCUT2D eigenvalue weighted by molar-refractivity contribution is -0.644. The van der Waals surface area contributed by atoms with Crippen LogP contribution in [0.5, 0.6) is 0 Å². The molecule has 3 nitrogen and oxygen atoms in total. The molecule has 0 N–H and O–H groups in total. The molecule has 0 saturated carbocycles. The molecule has 1 aromatic heterocycles. The molecule has 0 spiro atoms. The van der Waals surface area contributed by atoms with E-state index in [4.69, 9.17) is 11.6 Å². The molecular formula is C13H14BClF4N2O. The summed E-state index contributed by atoms with van der Waals surface area (Å²) in [5, 5.41) is 1.55. The first-order chi connectivity index (χ1) is 10.0. The van der Waals surface area contributed by atoms with Crippen LogP contribution in [-0.4, -0.2) is 32.2 Å². The maximum absolute atomic E-state index is 11.9. The largest absolute Gasteiger partial charge is 0.673 e. The highest BCUT2D eigenvalue weighted by Gasteiger charge is 2.20. The molecule has 22 heavy (non-hydrogen) atoms. The van der Waals surface area contributed by atoms with Gasteiger partial charge in [0.05, 0.1) is 10.4 Å². The van der Waals surface area contributed by atoms with Crippen LogP contribution in [0.15, 0.2) is 30.5 Å². The van der Waals surface area contributed by atoms with Crippen molar-refractivity contribution in [3.05, 3.63) is 41.0 Å². The lowest BCUT2D eigenvalue weighted by atomic mass is 10.1. The standard InChI is InChI=1S/C13H14ClN2O.BF4/c1-15(2)13(17)9-4-5-12-10(8-9)11(14)6-7-16(12)3;2-1(3,4)5/h4-8H,1-3H3;/q+1;-1. The van der Waals surface area contributed by atoms with Gasteiger partial charge in [0.2, 0.25) is 5.52 Å². The maximum atomic E-state index is 11.9. The van der Waals surface area contributed by atoms with Crippen LogP contribution in [0.1, 0.15) is 10.4 Å². The number of halogens is 5. The summed E-state index contributed by atoms with van der Waals surface area (Å²) in [5.74, 6) is -0.0190. The number of aromatic nitrogens is 1. The van der Waals surface area contributed by atoms with E-state index in [1.165, 1.54) is 0 Å². The zero-order valence-corrected chi connectivity index (χ0v) is 12.9. The Morgan fingerprint density at radius 3 is 2.23 bits per heavy atom. The fourth-order valence-corrected chi connectivity index (χ4v) is 1.98. The fourth-order valence-electron chi connectivity index (χ4n) is 1.77. The predicted molar refractivity (Wildman–Crippen MR) is 78.3 cm³/mol. The Kier molecular flexibility index (Phi) is 5.76. The number of hydrogen-bond donors (Lipinski definition) is 0. The Balaban J connectivity index is 0.000000422. The van der Waals surface area contributed by atoms with E-state index in [0.717, 1.165) is 10.9 Å². The van der Waals surface area contributed by atoms with Crippen molar-refractivity contribution >= 4 is 35.7 Å². The van der Waals surface area contributed by atoms with Crippen LogP contribution in [0, 0.1) is 0 Å². The van der Waals surface area contributed by atoms with E-state index >= 15 is 0 Å². The monoisotopic (exact) mass is 336 g/mol. The zero-order chi connectivity index (χ0) is 17.1. The van der Waals surface area contributed by atoms with E-state index < -0.39 is 7.25 Å². The molecule has 0 aliphatic heterocycles. The van der Waals surface area contributed by atoms with Crippen molar-refractivity contribution in [2.45, 2.75) is 0 Å². The summed E-state index contributed by atoms with van der Waals surface area (Å²) in [4.78, 5) is 13.4. The van der Waals surface area contributed by atoms with Gasteiger partial charge in [0.15, 0.2) is 6.20 Å². The van der Waals surface area contributed by atoms with Crippen LogP contribution in [0.2, 0.25) is 5.02 Å². The SMILES string of the molecule is CN(C)C(=O)c1ccc2c(c1)c(Cl)cc[n+]2C.F[B-](F)(F)F. The third-order valence-electron chi connectivity index (χ3n) is 2.73. The van der Waals surface area contributed by atoms with Crippen molar-refractivity contribution in [3.63, 3.8) is 0 Å². The van der Waals surface area contributed by atoms with Crippen LogP contribution in [0.25, 0.3) is 10.9 Å². The van der Waals surface area contributed by atoms with E-state index in [0.29, 0.717) is 10.6 Å². The molecule has 9 heteroatoms. The van der Waals surface area contributed by atoms with Crippen molar-refractivity contribution < 1.29 is 26.6 Å². The molecule has 0 fully saturated rings. The van der Waals surface area contributed by atoms with Crippen molar-refractivity contribution in [1.29, 1.82) is 0 Å². The summed E-state index contributed by atoms with van der Waals surface area (Å²) >= 11 is 6.15. The average Bonchev–Trinajstić information content (AvgIpc) is 2.40. The summed E-state index contributed by atoms with van der Waals surface area (Å²) in [6, 6.07) is 7.40. The number of rotatable bonds is 1. The summed E-state index contributed by atoms with van der Waals surface area (Å²) in [5.41, 5.74) is 1.66. The fraction of sp³-hybridized carbons (Fsp3) is 0.231. The van der Waals surface area contributed by atoms with E-state index in [1.807, 2.05) is 42.1 Å². The Bertz CT molecular complexity index is 686. The van der Waals surface area contributed by atoms with Gasteiger partial charge >= 0.3 is 7.25 Å². The first-order valence-corrected chi connectivity index (χ1v) is 6.55. The summed E-state index contributed by atoms with van der Waals surface area (Å²) in [7, 11) is -0.579. The van der Waals surface area contributed by atoms with Crippen LogP contribution < -0.4 is 4.57 Å². The third-order valence-corrected chi connectivity index (χ3v) is 3.06. The summed E-state index contributed by atoms with van der Waals surface area (Å²) in [6.07, 6.45) is 1.90. The van der Waals surface area contributed by atoms with Gasteiger partial charge in [-0.2, -0.15) is 0 Å². The van der Waals surface area contributed by atoms with Crippen molar-refractivity contribution in [3.8, 4) is 0 Å². The molecule has 2 aromatic rings. The maximum Gasteiger partial charge on any atom is 0.673 e. The van der Waals surface area contributed by atoms with Gasteiger partial charge in [-0.25, -0.2) is 4.57 Å². The highest BCUT2D eigenvalue weighted by molar-refractivity contribution is 6.50. The van der Waals surface area contributed by atoms with Gasteiger partial charge in [-0.1, -0.05) is 11.6 Å². The number of hydrogen-bond acceptors (Lipinski definition) is 1. The van der Waals surface area contributed by atoms with E-state index in [2.05, 4.69) is 0 Å². The topological polar surface area (TPSA) is 24.2 Å². The Morgan fingerprint density at radius 1 is 1.18 bits per heavy atom. The van der Waals surface area contributed by atoms with Crippen LogP contribution in [0.4, 0.5) is 17.3 Å². The molecule has 0 unspecified atom stereocenters. The van der Waals surface area contributed by atoms with Gasteiger partial charge in [-0.3, -0.25) is 4.79 Å². The molecule has 1 aromatic carbocycles. The number of benzene rings is 1. The number of carbonyl (C=O) groups is 1. The van der Waals surface area contributed by atoms with Gasteiger partial charge in [-0.15, -0.1) is 0 Å². The number of carbonyl (C=O) groups excluding carboxylic acids is 1. The predicted octanol–water partition coefficient (Wildman–Crippen LogP) is 3.32. The second kappa shape index (κ2) is 6.96. The number of amides is 1. The lowest BCUT2D eigenvalue weighted by Crippen LogP contribution is -2.28. The molecule has 2 rings (SSSR count). The molecule has 0 aliphatic rings. The third kappa shape index (κ3) is 5.18. The molecule has 0 atom stereocenters. The number of pyridine rings is 1. The molecule has 1 heterocycles. The van der Waals surface area contributed by atoms with Crippen LogP contribution >= 0.6 is 11.6 Å². The van der Waals surface area contributed by atoms with E-state index in [9.17, 15) is 22.1 Å². The van der Waals surface area contributed by atoms with Gasteiger partial charge in [0, 0.05) is 31.8 Å². The van der Waals surface area contributed by atoms with Gasteiger partial charge in [0.25, 0.3) is 5.91 Å². The summed E-state index contributed by atoms with van der Waals surface area (Å²) < 4.78 is 41.0. The number of nitrogens with zero attached hydrogens (tertiary/aromatic N) is 2. The normalized spacial score (nSPS) is 10.9. The molecule has 0 saturated heterocycles. The summed E-state index contributed by atoms with van der Waals surface area (Å²) in [6.45, 7) is 0. The molecular weight excluding hydrogens is 322 g/mol. The van der Waals surface area contributed by atoms with Crippen molar-refractivity contribution in [2.75, 3.05) is 14.1 Å². The minimum atomic E-state index is -6.00. The quantitative estimate of drug-likeness (QED) is 0.445. The molecule has 0 radical (unpaired) electrons. The number of fused-ring (bicyclic) bond motifs is 1. The Morgan fingerprint density at radius 2 is 1.73 bits per heavy atom. The lowest BCUT2D eigenvalue weighted by Gasteiger charge is -2.10. The molecule has 0 aliphatic carbocycles. The number of aryl methyl sites for hydroxylation is 1. The first-order valence-electron chi connectivity index (χ1n) is 6.17. The van der Waals surface area contributed by atoms with Crippen LogP contribution in [-0.2, 0) is 7.05 Å². The Labute approximate surface area is 130 Å². The molecule has 1 amide bonds. The van der Waals surface area contributed by atoms with Gasteiger partial charge in [0.1, 0.15) is 7.05 Å².